The molecule has 2 atom stereocenters. The molecule has 0 aliphatic heterocycles. The van der Waals surface area contributed by atoms with Crippen molar-refractivity contribution in [2.75, 3.05) is 0 Å². The average molecular weight is 196 g/mol. The van der Waals surface area contributed by atoms with Gasteiger partial charge in [-0.15, -0.1) is 0 Å². The Morgan fingerprint density at radius 3 is 2.43 bits per heavy atom. The molecule has 2 aliphatic rings. The van der Waals surface area contributed by atoms with Gasteiger partial charge >= 0.3 is 0 Å². The third kappa shape index (κ3) is 2.71. The Bertz CT molecular complexity index is 213. The summed E-state index contributed by atoms with van der Waals surface area (Å²) >= 11 is 0. The van der Waals surface area contributed by atoms with E-state index in [1.54, 1.807) is 0 Å². The SMILES string of the molecule is NC(=O)C1CCCCC(NC2CC2)C1. The lowest BCUT2D eigenvalue weighted by molar-refractivity contribution is -0.122. The molecule has 3 nitrogen and oxygen atoms in total. The van der Waals surface area contributed by atoms with Crippen LogP contribution in [0, 0.1) is 5.92 Å². The molecule has 3 heteroatoms. The minimum Gasteiger partial charge on any atom is -0.369 e. The number of hydrogen-bond acceptors (Lipinski definition) is 2. The number of primary amides is 1. The van der Waals surface area contributed by atoms with Crippen molar-refractivity contribution in [2.24, 2.45) is 11.7 Å². The van der Waals surface area contributed by atoms with Crippen LogP contribution in [0.15, 0.2) is 0 Å². The second-order valence-corrected chi connectivity index (χ2v) is 4.76. The van der Waals surface area contributed by atoms with Crippen LogP contribution >= 0.6 is 0 Å². The molecular formula is C11H20N2O. The Labute approximate surface area is 85.4 Å². The number of nitrogens with one attached hydrogen (secondary N) is 1. The van der Waals surface area contributed by atoms with Gasteiger partial charge in [-0.3, -0.25) is 4.79 Å². The average Bonchev–Trinajstić information content (AvgIpc) is 2.92. The first-order valence-electron chi connectivity index (χ1n) is 5.81. The van der Waals surface area contributed by atoms with Gasteiger partial charge in [0.2, 0.25) is 5.91 Å². The zero-order valence-electron chi connectivity index (χ0n) is 8.67. The maximum atomic E-state index is 11.1. The second-order valence-electron chi connectivity index (χ2n) is 4.76. The van der Waals surface area contributed by atoms with E-state index in [-0.39, 0.29) is 11.8 Å². The smallest absolute Gasteiger partial charge is 0.220 e. The fourth-order valence-electron chi connectivity index (χ4n) is 2.35. The molecule has 1 amide bonds. The number of rotatable bonds is 3. The minimum atomic E-state index is -0.102. The number of carbonyl (C=O) groups excluding carboxylic acids is 1. The van der Waals surface area contributed by atoms with Crippen LogP contribution in [0.4, 0.5) is 0 Å². The largest absolute Gasteiger partial charge is 0.369 e. The highest BCUT2D eigenvalue weighted by Gasteiger charge is 2.28. The summed E-state index contributed by atoms with van der Waals surface area (Å²) < 4.78 is 0. The molecule has 14 heavy (non-hydrogen) atoms. The van der Waals surface area contributed by atoms with Crippen LogP contribution < -0.4 is 11.1 Å². The predicted octanol–water partition coefficient (Wildman–Crippen LogP) is 1.17. The van der Waals surface area contributed by atoms with Crippen molar-refractivity contribution in [1.82, 2.24) is 5.32 Å². The van der Waals surface area contributed by atoms with Gasteiger partial charge < -0.3 is 11.1 Å². The fourth-order valence-corrected chi connectivity index (χ4v) is 2.35. The first kappa shape index (κ1) is 9.97. The summed E-state index contributed by atoms with van der Waals surface area (Å²) in [5.41, 5.74) is 5.38. The van der Waals surface area contributed by atoms with Gasteiger partial charge in [0, 0.05) is 18.0 Å². The molecule has 2 saturated carbocycles. The highest BCUT2D eigenvalue weighted by Crippen LogP contribution is 2.27. The minimum absolute atomic E-state index is 0.102. The molecule has 3 N–H and O–H groups in total. The lowest BCUT2D eigenvalue weighted by Crippen LogP contribution is -2.35. The molecule has 80 valence electrons. The molecular weight excluding hydrogens is 176 g/mol. The van der Waals surface area contributed by atoms with E-state index in [0.717, 1.165) is 25.3 Å². The summed E-state index contributed by atoms with van der Waals surface area (Å²) in [7, 11) is 0. The highest BCUT2D eigenvalue weighted by molar-refractivity contribution is 5.76. The van der Waals surface area contributed by atoms with E-state index >= 15 is 0 Å². The molecule has 0 spiro atoms. The zero-order chi connectivity index (χ0) is 9.97. The first-order valence-corrected chi connectivity index (χ1v) is 5.81. The molecule has 0 bridgehead atoms. The van der Waals surface area contributed by atoms with Gasteiger partial charge in [-0.1, -0.05) is 12.8 Å². The molecule has 2 aliphatic carbocycles. The Hall–Kier alpha value is -0.570. The van der Waals surface area contributed by atoms with Crippen LogP contribution in [0.3, 0.4) is 0 Å². The summed E-state index contributed by atoms with van der Waals surface area (Å²) in [6.45, 7) is 0. The normalized spacial score (nSPS) is 33.7. The van der Waals surface area contributed by atoms with Crippen molar-refractivity contribution < 1.29 is 4.79 Å². The standard InChI is InChI=1S/C11H20N2O/c12-11(14)8-3-1-2-4-10(7-8)13-9-5-6-9/h8-10,13H,1-7H2,(H2,12,14). The lowest BCUT2D eigenvalue weighted by atomic mass is 9.97. The van der Waals surface area contributed by atoms with E-state index in [4.69, 9.17) is 5.73 Å². The van der Waals surface area contributed by atoms with Crippen molar-refractivity contribution in [3.05, 3.63) is 0 Å². The Morgan fingerprint density at radius 2 is 1.79 bits per heavy atom. The lowest BCUT2D eigenvalue weighted by Gasteiger charge is -2.18. The Kier molecular flexibility index (Phi) is 3.06. The van der Waals surface area contributed by atoms with Gasteiger partial charge in [0.1, 0.15) is 0 Å². The van der Waals surface area contributed by atoms with E-state index in [9.17, 15) is 4.79 Å². The quantitative estimate of drug-likeness (QED) is 0.666. The van der Waals surface area contributed by atoms with Crippen molar-refractivity contribution in [1.29, 1.82) is 0 Å². The van der Waals surface area contributed by atoms with Gasteiger partial charge in [0.05, 0.1) is 0 Å². The summed E-state index contributed by atoms with van der Waals surface area (Å²) in [5.74, 6) is 0.0169. The van der Waals surface area contributed by atoms with Crippen molar-refractivity contribution in [3.63, 3.8) is 0 Å². The van der Waals surface area contributed by atoms with Crippen LogP contribution in [0.5, 0.6) is 0 Å². The summed E-state index contributed by atoms with van der Waals surface area (Å²) in [6, 6.07) is 1.29. The van der Waals surface area contributed by atoms with Crippen LogP contribution in [0.25, 0.3) is 0 Å². The summed E-state index contributed by atoms with van der Waals surface area (Å²) in [4.78, 5) is 11.1. The second kappa shape index (κ2) is 4.30. The summed E-state index contributed by atoms with van der Waals surface area (Å²) in [6.07, 6.45) is 8.23. The highest BCUT2D eigenvalue weighted by atomic mass is 16.1. The van der Waals surface area contributed by atoms with Crippen LogP contribution in [0.1, 0.15) is 44.9 Å². The maximum Gasteiger partial charge on any atom is 0.220 e. The van der Waals surface area contributed by atoms with E-state index in [0.29, 0.717) is 6.04 Å². The fraction of sp³-hybridized carbons (Fsp3) is 0.909. The Balaban J connectivity index is 1.85. The van der Waals surface area contributed by atoms with E-state index in [2.05, 4.69) is 5.32 Å². The number of hydrogen-bond donors (Lipinski definition) is 2. The maximum absolute atomic E-state index is 11.1. The molecule has 0 aromatic carbocycles. The molecule has 0 radical (unpaired) electrons. The van der Waals surface area contributed by atoms with E-state index in [1.807, 2.05) is 0 Å². The zero-order valence-corrected chi connectivity index (χ0v) is 8.67. The van der Waals surface area contributed by atoms with Crippen molar-refractivity contribution in [3.8, 4) is 0 Å². The van der Waals surface area contributed by atoms with Crippen molar-refractivity contribution in [2.45, 2.75) is 57.0 Å². The molecule has 0 saturated heterocycles. The monoisotopic (exact) mass is 196 g/mol. The van der Waals surface area contributed by atoms with E-state index < -0.39 is 0 Å². The first-order chi connectivity index (χ1) is 6.75. The molecule has 2 rings (SSSR count). The molecule has 0 aromatic rings. The summed E-state index contributed by atoms with van der Waals surface area (Å²) in [5, 5.41) is 3.61. The number of nitrogens with two attached hydrogens (primary N) is 1. The van der Waals surface area contributed by atoms with Gasteiger partial charge in [-0.05, 0) is 32.1 Å². The van der Waals surface area contributed by atoms with Crippen molar-refractivity contribution >= 4 is 5.91 Å². The van der Waals surface area contributed by atoms with Crippen LogP contribution in [0.2, 0.25) is 0 Å². The van der Waals surface area contributed by atoms with E-state index in [1.165, 1.54) is 25.7 Å². The number of amides is 1. The number of carbonyl (C=O) groups is 1. The molecule has 0 heterocycles. The third-order valence-electron chi connectivity index (χ3n) is 3.38. The molecule has 0 aromatic heterocycles. The van der Waals surface area contributed by atoms with Crippen LogP contribution in [-0.4, -0.2) is 18.0 Å². The topological polar surface area (TPSA) is 55.1 Å². The molecule has 2 fully saturated rings. The van der Waals surface area contributed by atoms with Gasteiger partial charge in [-0.2, -0.15) is 0 Å². The van der Waals surface area contributed by atoms with Gasteiger partial charge in [0.15, 0.2) is 0 Å². The van der Waals surface area contributed by atoms with Gasteiger partial charge in [0.25, 0.3) is 0 Å². The third-order valence-corrected chi connectivity index (χ3v) is 3.38. The predicted molar refractivity (Wildman–Crippen MR) is 55.7 cm³/mol. The Morgan fingerprint density at radius 1 is 1.07 bits per heavy atom. The van der Waals surface area contributed by atoms with Gasteiger partial charge in [-0.25, -0.2) is 0 Å². The van der Waals surface area contributed by atoms with Crippen LogP contribution in [-0.2, 0) is 4.79 Å². The molecule has 2 unspecified atom stereocenters.